The predicted molar refractivity (Wildman–Crippen MR) is 83.8 cm³/mol. The summed E-state index contributed by atoms with van der Waals surface area (Å²) in [5.74, 6) is 0.452. The first-order valence-corrected chi connectivity index (χ1v) is 7.13. The van der Waals surface area contributed by atoms with Gasteiger partial charge >= 0.3 is 0 Å². The fraction of sp³-hybridized carbons (Fsp3) is 0.235. The largest absolute Gasteiger partial charge is 0.493 e. The number of nitrogen functional groups attached to an aromatic ring is 1. The molecule has 0 saturated carbocycles. The topological polar surface area (TPSA) is 55.6 Å². The Bertz CT molecular complexity index is 682. The van der Waals surface area contributed by atoms with Crippen LogP contribution in [0.3, 0.4) is 0 Å². The summed E-state index contributed by atoms with van der Waals surface area (Å²) in [7, 11) is 0. The van der Waals surface area contributed by atoms with E-state index in [9.17, 15) is 4.79 Å². The molecule has 108 valence electrons. The molecule has 0 atom stereocenters. The first-order valence-electron chi connectivity index (χ1n) is 7.13. The van der Waals surface area contributed by atoms with Crippen LogP contribution in [0.25, 0.3) is 0 Å². The minimum absolute atomic E-state index is 0.0958. The highest BCUT2D eigenvalue weighted by atomic mass is 16.5. The molecular formula is C17H18N2O2. The molecule has 4 nitrogen and oxygen atoms in total. The first-order chi connectivity index (χ1) is 10.2. The fourth-order valence-electron chi connectivity index (χ4n) is 2.74. The summed E-state index contributed by atoms with van der Waals surface area (Å²) in [6.45, 7) is 3.07. The molecule has 1 amide bonds. The monoisotopic (exact) mass is 282 g/mol. The number of hydrogen-bond acceptors (Lipinski definition) is 3. The molecule has 0 spiro atoms. The molecular weight excluding hydrogens is 264 g/mol. The molecule has 0 saturated heterocycles. The van der Waals surface area contributed by atoms with Crippen LogP contribution >= 0.6 is 0 Å². The van der Waals surface area contributed by atoms with Crippen molar-refractivity contribution in [3.63, 3.8) is 0 Å². The third kappa shape index (κ3) is 2.33. The van der Waals surface area contributed by atoms with Crippen molar-refractivity contribution in [3.05, 3.63) is 53.6 Å². The molecule has 1 aliphatic heterocycles. The lowest BCUT2D eigenvalue weighted by Crippen LogP contribution is -2.30. The molecule has 2 aromatic rings. The van der Waals surface area contributed by atoms with Gasteiger partial charge in [0.1, 0.15) is 11.3 Å². The Hall–Kier alpha value is -2.49. The number of amides is 1. The first kappa shape index (κ1) is 13.5. The smallest absolute Gasteiger partial charge is 0.264 e. The zero-order valence-electron chi connectivity index (χ0n) is 12.0. The number of nitrogens with zero attached hydrogens (tertiary/aromatic N) is 1. The van der Waals surface area contributed by atoms with Crippen molar-refractivity contribution in [3.8, 4) is 5.75 Å². The number of nitrogens with two attached hydrogens (primary N) is 1. The Morgan fingerprint density at radius 1 is 1.24 bits per heavy atom. The van der Waals surface area contributed by atoms with Gasteiger partial charge in [0.25, 0.3) is 5.91 Å². The Kier molecular flexibility index (Phi) is 3.52. The highest BCUT2D eigenvalue weighted by molar-refractivity contribution is 6.12. The molecule has 2 aromatic carbocycles. The van der Waals surface area contributed by atoms with E-state index in [1.54, 1.807) is 23.1 Å². The van der Waals surface area contributed by atoms with E-state index < -0.39 is 0 Å². The van der Waals surface area contributed by atoms with Crippen LogP contribution in [0.4, 0.5) is 11.4 Å². The van der Waals surface area contributed by atoms with Gasteiger partial charge in [-0.3, -0.25) is 4.79 Å². The van der Waals surface area contributed by atoms with E-state index >= 15 is 0 Å². The lowest BCUT2D eigenvalue weighted by molar-refractivity contribution is 0.0986. The summed E-state index contributed by atoms with van der Waals surface area (Å²) in [4.78, 5) is 14.7. The van der Waals surface area contributed by atoms with Crippen molar-refractivity contribution in [2.75, 3.05) is 23.8 Å². The number of rotatable bonds is 3. The van der Waals surface area contributed by atoms with E-state index in [0.717, 1.165) is 12.1 Å². The average Bonchev–Trinajstić information content (AvgIpc) is 2.91. The molecule has 0 fully saturated rings. The predicted octanol–water partition coefficient (Wildman–Crippen LogP) is 2.87. The minimum Gasteiger partial charge on any atom is -0.493 e. The van der Waals surface area contributed by atoms with Crippen LogP contribution in [0.2, 0.25) is 0 Å². The van der Waals surface area contributed by atoms with Crippen LogP contribution < -0.4 is 15.4 Å². The van der Waals surface area contributed by atoms with Crippen molar-refractivity contribution >= 4 is 17.3 Å². The summed E-state index contributed by atoms with van der Waals surface area (Å²) >= 11 is 0. The van der Waals surface area contributed by atoms with Gasteiger partial charge in [-0.25, -0.2) is 0 Å². The van der Waals surface area contributed by atoms with Gasteiger partial charge in [0.15, 0.2) is 0 Å². The van der Waals surface area contributed by atoms with Crippen LogP contribution in [0.15, 0.2) is 42.5 Å². The number of anilines is 2. The van der Waals surface area contributed by atoms with Crippen LogP contribution in [0, 0.1) is 0 Å². The molecule has 3 rings (SSSR count). The maximum absolute atomic E-state index is 12.9. The van der Waals surface area contributed by atoms with Crippen molar-refractivity contribution in [1.29, 1.82) is 0 Å². The maximum atomic E-state index is 12.9. The van der Waals surface area contributed by atoms with E-state index in [0.29, 0.717) is 30.2 Å². The second kappa shape index (κ2) is 5.48. The molecule has 2 N–H and O–H groups in total. The van der Waals surface area contributed by atoms with Crippen molar-refractivity contribution in [2.45, 2.75) is 13.3 Å². The van der Waals surface area contributed by atoms with Crippen LogP contribution in [-0.4, -0.2) is 19.1 Å². The second-order valence-corrected chi connectivity index (χ2v) is 4.99. The van der Waals surface area contributed by atoms with Gasteiger partial charge < -0.3 is 15.4 Å². The molecule has 1 aliphatic rings. The molecule has 0 aromatic heterocycles. The Balaban J connectivity index is 2.01. The van der Waals surface area contributed by atoms with Gasteiger partial charge in [-0.05, 0) is 37.1 Å². The summed E-state index contributed by atoms with van der Waals surface area (Å²) in [6.07, 6.45) is 0.874. The van der Waals surface area contributed by atoms with Crippen molar-refractivity contribution in [1.82, 2.24) is 0 Å². The number of para-hydroxylation sites is 1. The van der Waals surface area contributed by atoms with E-state index in [4.69, 9.17) is 10.5 Å². The Labute approximate surface area is 124 Å². The molecule has 4 heteroatoms. The zero-order valence-corrected chi connectivity index (χ0v) is 12.0. The molecule has 0 aliphatic carbocycles. The van der Waals surface area contributed by atoms with Gasteiger partial charge in [0.2, 0.25) is 0 Å². The van der Waals surface area contributed by atoms with Crippen molar-refractivity contribution < 1.29 is 9.53 Å². The SMILES string of the molecule is CCOc1cccc(N)c1C(=O)N1CCc2ccccc21. The van der Waals surface area contributed by atoms with Gasteiger partial charge in [0.05, 0.1) is 6.61 Å². The van der Waals surface area contributed by atoms with Crippen molar-refractivity contribution in [2.24, 2.45) is 0 Å². The zero-order chi connectivity index (χ0) is 14.8. The normalized spacial score (nSPS) is 13.1. The maximum Gasteiger partial charge on any atom is 0.264 e. The highest BCUT2D eigenvalue weighted by Gasteiger charge is 2.28. The fourth-order valence-corrected chi connectivity index (χ4v) is 2.74. The van der Waals surface area contributed by atoms with Crippen LogP contribution in [-0.2, 0) is 6.42 Å². The van der Waals surface area contributed by atoms with E-state index in [1.807, 2.05) is 25.1 Å². The minimum atomic E-state index is -0.0958. The van der Waals surface area contributed by atoms with Crippen LogP contribution in [0.5, 0.6) is 5.75 Å². The van der Waals surface area contributed by atoms with Gasteiger partial charge in [0, 0.05) is 17.9 Å². The Morgan fingerprint density at radius 2 is 2.05 bits per heavy atom. The van der Waals surface area contributed by atoms with Gasteiger partial charge in [-0.1, -0.05) is 24.3 Å². The molecule has 21 heavy (non-hydrogen) atoms. The summed E-state index contributed by atoms with van der Waals surface area (Å²) < 4.78 is 5.56. The quantitative estimate of drug-likeness (QED) is 0.881. The summed E-state index contributed by atoms with van der Waals surface area (Å²) in [5, 5.41) is 0. The van der Waals surface area contributed by atoms with Crippen LogP contribution in [0.1, 0.15) is 22.8 Å². The van der Waals surface area contributed by atoms with E-state index in [2.05, 4.69) is 6.07 Å². The third-order valence-corrected chi connectivity index (χ3v) is 3.70. The lowest BCUT2D eigenvalue weighted by Gasteiger charge is -2.20. The third-order valence-electron chi connectivity index (χ3n) is 3.70. The summed E-state index contributed by atoms with van der Waals surface area (Å²) in [5.41, 5.74) is 9.08. The lowest BCUT2D eigenvalue weighted by atomic mass is 10.1. The number of hydrogen-bond donors (Lipinski definition) is 1. The standard InChI is InChI=1S/C17H18N2O2/c1-2-21-15-9-5-7-13(18)16(15)17(20)19-11-10-12-6-3-4-8-14(12)19/h3-9H,2,10-11,18H2,1H3. The van der Waals surface area contributed by atoms with E-state index in [-0.39, 0.29) is 5.91 Å². The van der Waals surface area contributed by atoms with Gasteiger partial charge in [-0.15, -0.1) is 0 Å². The summed E-state index contributed by atoms with van der Waals surface area (Å²) in [6, 6.07) is 13.3. The second-order valence-electron chi connectivity index (χ2n) is 4.99. The number of ether oxygens (including phenoxy) is 1. The molecule has 0 radical (unpaired) electrons. The Morgan fingerprint density at radius 3 is 2.86 bits per heavy atom. The van der Waals surface area contributed by atoms with E-state index in [1.165, 1.54) is 5.56 Å². The highest BCUT2D eigenvalue weighted by Crippen LogP contribution is 2.33. The molecule has 1 heterocycles. The molecule has 0 unspecified atom stereocenters. The number of fused-ring (bicyclic) bond motifs is 1. The average molecular weight is 282 g/mol. The number of benzene rings is 2. The number of carbonyl (C=O) groups is 1. The number of carbonyl (C=O) groups excluding carboxylic acids is 1. The van der Waals surface area contributed by atoms with Gasteiger partial charge in [-0.2, -0.15) is 0 Å². The molecule has 0 bridgehead atoms.